The number of carboxylic acids is 1. The van der Waals surface area contributed by atoms with Gasteiger partial charge in [-0.25, -0.2) is 4.39 Å². The fraction of sp³-hybridized carbons (Fsp3) is 0.263. The van der Waals surface area contributed by atoms with E-state index in [1.165, 1.54) is 12.1 Å². The van der Waals surface area contributed by atoms with Gasteiger partial charge in [-0.05, 0) is 30.2 Å². The van der Waals surface area contributed by atoms with Gasteiger partial charge in [-0.15, -0.1) is 0 Å². The number of hydrogen-bond donors (Lipinski definition) is 2. The van der Waals surface area contributed by atoms with Crippen molar-refractivity contribution in [2.24, 2.45) is 0 Å². The molecule has 2 aromatic rings. The molecule has 2 N–H and O–H groups in total. The second kappa shape index (κ2) is 9.31. The zero-order chi connectivity index (χ0) is 19.1. The van der Waals surface area contributed by atoms with Crippen LogP contribution in [0.2, 0.25) is 5.02 Å². The Morgan fingerprint density at radius 3 is 2.46 bits per heavy atom. The quantitative estimate of drug-likeness (QED) is 0.729. The van der Waals surface area contributed by atoms with Gasteiger partial charge in [-0.1, -0.05) is 48.0 Å². The zero-order valence-electron chi connectivity index (χ0n) is 14.1. The molecule has 26 heavy (non-hydrogen) atoms. The first-order valence-electron chi connectivity index (χ1n) is 8.06. The minimum atomic E-state index is -1.13. The van der Waals surface area contributed by atoms with Crippen LogP contribution in [0.5, 0.6) is 0 Å². The fourth-order valence-corrected chi connectivity index (χ4v) is 2.64. The number of nitrogens with one attached hydrogen (secondary N) is 1. The Labute approximate surface area is 155 Å². The van der Waals surface area contributed by atoms with Crippen LogP contribution in [0.1, 0.15) is 36.6 Å². The van der Waals surface area contributed by atoms with Crippen molar-refractivity contribution in [3.63, 3.8) is 0 Å². The highest BCUT2D eigenvalue weighted by Crippen LogP contribution is 2.25. The van der Waals surface area contributed by atoms with Gasteiger partial charge in [-0.2, -0.15) is 0 Å². The van der Waals surface area contributed by atoms with Gasteiger partial charge in [0.05, 0.1) is 17.5 Å². The molecule has 0 aliphatic rings. The first-order chi connectivity index (χ1) is 12.4. The van der Waals surface area contributed by atoms with E-state index in [-0.39, 0.29) is 5.02 Å². The molecule has 2 atom stereocenters. The topological polar surface area (TPSA) is 75.6 Å². The van der Waals surface area contributed by atoms with Crippen LogP contribution in [-0.4, -0.2) is 23.6 Å². The van der Waals surface area contributed by atoms with Gasteiger partial charge in [0.1, 0.15) is 5.82 Å². The van der Waals surface area contributed by atoms with Crippen molar-refractivity contribution in [2.75, 3.05) is 6.61 Å². The number of hydrogen-bond acceptors (Lipinski definition) is 3. The molecule has 2 rings (SSSR count). The summed E-state index contributed by atoms with van der Waals surface area (Å²) in [6, 6.07) is 11.9. The lowest BCUT2D eigenvalue weighted by molar-refractivity contribution is -0.138. The van der Waals surface area contributed by atoms with Crippen molar-refractivity contribution in [3.8, 4) is 0 Å². The number of ether oxygens (including phenoxy) is 1. The molecule has 0 aliphatic carbocycles. The molecule has 5 nitrogen and oxygen atoms in total. The molecule has 1 amide bonds. The Morgan fingerprint density at radius 2 is 1.88 bits per heavy atom. The molecular weight excluding hydrogens is 361 g/mol. The van der Waals surface area contributed by atoms with Crippen LogP contribution in [-0.2, 0) is 14.3 Å². The lowest BCUT2D eigenvalue weighted by Crippen LogP contribution is -2.35. The summed E-state index contributed by atoms with van der Waals surface area (Å²) in [5.41, 5.74) is 0.953. The van der Waals surface area contributed by atoms with Gasteiger partial charge in [0.25, 0.3) is 5.91 Å². The van der Waals surface area contributed by atoms with E-state index in [9.17, 15) is 14.0 Å². The molecule has 0 spiro atoms. The van der Waals surface area contributed by atoms with Crippen LogP contribution in [0.15, 0.2) is 48.5 Å². The highest BCUT2D eigenvalue weighted by atomic mass is 35.5. The smallest absolute Gasteiger partial charge is 0.305 e. The molecule has 0 fully saturated rings. The van der Waals surface area contributed by atoms with Gasteiger partial charge in [0, 0.05) is 6.61 Å². The third-order valence-electron chi connectivity index (χ3n) is 3.72. The average Bonchev–Trinajstić information content (AvgIpc) is 2.61. The molecule has 0 aromatic heterocycles. The first kappa shape index (κ1) is 19.9. The molecule has 0 saturated carbocycles. The minimum Gasteiger partial charge on any atom is -0.481 e. The van der Waals surface area contributed by atoms with Crippen molar-refractivity contribution >= 4 is 23.5 Å². The largest absolute Gasteiger partial charge is 0.481 e. The molecule has 0 saturated heterocycles. The van der Waals surface area contributed by atoms with Crippen molar-refractivity contribution in [1.29, 1.82) is 0 Å². The normalized spacial score (nSPS) is 13.0. The third-order valence-corrected chi connectivity index (χ3v) is 4.02. The van der Waals surface area contributed by atoms with Crippen LogP contribution in [0.4, 0.5) is 4.39 Å². The number of carbonyl (C=O) groups excluding carboxylic acids is 1. The maximum atomic E-state index is 13.7. The van der Waals surface area contributed by atoms with Gasteiger partial charge in [-0.3, -0.25) is 9.59 Å². The molecule has 138 valence electrons. The zero-order valence-corrected chi connectivity index (χ0v) is 14.9. The molecule has 0 bridgehead atoms. The monoisotopic (exact) mass is 379 g/mol. The summed E-state index contributed by atoms with van der Waals surface area (Å²) in [6.45, 7) is 2.05. The Bertz CT molecular complexity index is 769. The van der Waals surface area contributed by atoms with Crippen molar-refractivity contribution < 1.29 is 23.8 Å². The van der Waals surface area contributed by atoms with Crippen LogP contribution >= 0.6 is 11.6 Å². The standard InChI is InChI=1S/C19H19ClFNO4/c1-2-26-18(12-6-4-3-5-7-12)19(25)22-16(11-17(23)24)13-8-9-14(20)15(21)10-13/h3-10,16,18H,2,11H2,1H3,(H,22,25)(H,23,24). The molecule has 0 radical (unpaired) electrons. The number of benzene rings is 2. The van der Waals surface area contributed by atoms with Gasteiger partial charge < -0.3 is 15.2 Å². The molecule has 0 aliphatic heterocycles. The van der Waals surface area contributed by atoms with Crippen molar-refractivity contribution in [2.45, 2.75) is 25.5 Å². The number of carboxylic acid groups (broad SMARTS) is 1. The van der Waals surface area contributed by atoms with E-state index in [0.717, 1.165) is 6.07 Å². The Kier molecular flexibility index (Phi) is 7.12. The summed E-state index contributed by atoms with van der Waals surface area (Å²) < 4.78 is 19.3. The van der Waals surface area contributed by atoms with Crippen LogP contribution in [0.3, 0.4) is 0 Å². The van der Waals surface area contributed by atoms with Crippen LogP contribution in [0.25, 0.3) is 0 Å². The van der Waals surface area contributed by atoms with E-state index in [1.54, 1.807) is 31.2 Å². The summed E-state index contributed by atoms with van der Waals surface area (Å²) in [4.78, 5) is 23.9. The number of amides is 1. The maximum Gasteiger partial charge on any atom is 0.305 e. The van der Waals surface area contributed by atoms with E-state index in [2.05, 4.69) is 5.32 Å². The second-order valence-corrected chi connectivity index (χ2v) is 5.99. The number of rotatable bonds is 8. The van der Waals surface area contributed by atoms with Gasteiger partial charge >= 0.3 is 5.97 Å². The van der Waals surface area contributed by atoms with Gasteiger partial charge in [0.15, 0.2) is 6.10 Å². The number of carbonyl (C=O) groups is 2. The van der Waals surface area contributed by atoms with E-state index >= 15 is 0 Å². The summed E-state index contributed by atoms with van der Waals surface area (Å²) in [5.74, 6) is -2.31. The van der Waals surface area contributed by atoms with Crippen LogP contribution in [0, 0.1) is 5.82 Å². The van der Waals surface area contributed by atoms with E-state index in [4.69, 9.17) is 21.4 Å². The van der Waals surface area contributed by atoms with E-state index in [0.29, 0.717) is 17.7 Å². The fourth-order valence-electron chi connectivity index (χ4n) is 2.52. The first-order valence-corrected chi connectivity index (χ1v) is 8.43. The maximum absolute atomic E-state index is 13.7. The SMILES string of the molecule is CCOC(C(=O)NC(CC(=O)O)c1ccc(Cl)c(F)c1)c1ccccc1. The molecule has 7 heteroatoms. The average molecular weight is 380 g/mol. The van der Waals surface area contributed by atoms with Crippen LogP contribution < -0.4 is 5.32 Å². The Hall–Kier alpha value is -2.44. The summed E-state index contributed by atoms with van der Waals surface area (Å²) in [5, 5.41) is 11.7. The third kappa shape index (κ3) is 5.28. The summed E-state index contributed by atoms with van der Waals surface area (Å²) in [7, 11) is 0. The Morgan fingerprint density at radius 1 is 1.19 bits per heavy atom. The lowest BCUT2D eigenvalue weighted by Gasteiger charge is -2.22. The number of aliphatic carboxylic acids is 1. The molecular formula is C19H19ClFNO4. The molecule has 2 aromatic carbocycles. The second-order valence-electron chi connectivity index (χ2n) is 5.58. The molecule has 2 unspecified atom stereocenters. The van der Waals surface area contributed by atoms with Crippen molar-refractivity contribution in [1.82, 2.24) is 5.32 Å². The predicted octanol–water partition coefficient (Wildman–Crippen LogP) is 3.89. The molecule has 0 heterocycles. The summed E-state index contributed by atoms with van der Waals surface area (Å²) >= 11 is 5.67. The highest BCUT2D eigenvalue weighted by molar-refractivity contribution is 6.30. The predicted molar refractivity (Wildman–Crippen MR) is 95.4 cm³/mol. The van der Waals surface area contributed by atoms with Crippen molar-refractivity contribution in [3.05, 3.63) is 70.5 Å². The van der Waals surface area contributed by atoms with E-state index < -0.39 is 36.3 Å². The minimum absolute atomic E-state index is 0.0781. The Balaban J connectivity index is 2.26. The van der Waals surface area contributed by atoms with Gasteiger partial charge in [0.2, 0.25) is 0 Å². The summed E-state index contributed by atoms with van der Waals surface area (Å²) in [6.07, 6.45) is -1.30. The lowest BCUT2D eigenvalue weighted by atomic mass is 10.0. The number of halogens is 2. The highest BCUT2D eigenvalue weighted by Gasteiger charge is 2.26. The van der Waals surface area contributed by atoms with E-state index in [1.807, 2.05) is 6.07 Å².